The largest absolute Gasteiger partial charge is 0.467 e. The molecule has 0 bridgehead atoms. The molecular weight excluding hydrogens is 258 g/mol. The first-order valence-corrected chi connectivity index (χ1v) is 6.98. The molecule has 0 aromatic carbocycles. The predicted molar refractivity (Wildman–Crippen MR) is 74.2 cm³/mol. The lowest BCUT2D eigenvalue weighted by Crippen LogP contribution is -2.49. The highest BCUT2D eigenvalue weighted by molar-refractivity contribution is 5.74. The second-order valence-corrected chi connectivity index (χ2v) is 5.50. The van der Waals surface area contributed by atoms with Gasteiger partial charge in [0, 0.05) is 31.5 Å². The second kappa shape index (κ2) is 6.37. The van der Waals surface area contributed by atoms with Crippen LogP contribution in [0.5, 0.6) is 0 Å². The van der Waals surface area contributed by atoms with Gasteiger partial charge in [0.1, 0.15) is 5.82 Å². The molecule has 1 fully saturated rings. The van der Waals surface area contributed by atoms with Gasteiger partial charge < -0.3 is 14.0 Å². The molecule has 0 radical (unpaired) electrons. The van der Waals surface area contributed by atoms with Crippen molar-refractivity contribution in [3.05, 3.63) is 18.2 Å². The predicted octanol–water partition coefficient (Wildman–Crippen LogP) is 1.23. The van der Waals surface area contributed by atoms with Gasteiger partial charge in [0.25, 0.3) is 0 Å². The molecule has 20 heavy (non-hydrogen) atoms. The molecule has 1 aliphatic rings. The molecule has 0 N–H and O–H groups in total. The molecule has 6 heteroatoms. The summed E-state index contributed by atoms with van der Waals surface area (Å²) in [4.78, 5) is 18.2. The SMILES string of the molecule is COC(=O)[C@H]1CN(Cc2nccn2C(C)C)C[C@@H](C)O1. The van der Waals surface area contributed by atoms with Gasteiger partial charge >= 0.3 is 5.97 Å². The summed E-state index contributed by atoms with van der Waals surface area (Å²) in [6.07, 6.45) is 3.31. The molecule has 2 heterocycles. The number of carbonyl (C=O) groups is 1. The van der Waals surface area contributed by atoms with Crippen molar-refractivity contribution >= 4 is 5.97 Å². The van der Waals surface area contributed by atoms with Crippen molar-refractivity contribution in [2.45, 2.75) is 45.6 Å². The molecule has 1 aliphatic heterocycles. The van der Waals surface area contributed by atoms with Gasteiger partial charge in [-0.3, -0.25) is 4.90 Å². The van der Waals surface area contributed by atoms with Gasteiger partial charge in [-0.25, -0.2) is 9.78 Å². The zero-order valence-electron chi connectivity index (χ0n) is 12.6. The summed E-state index contributed by atoms with van der Waals surface area (Å²) in [5.41, 5.74) is 0. The average molecular weight is 281 g/mol. The standard InChI is InChI=1S/C14H23N3O3/c1-10(2)17-6-5-15-13(17)9-16-7-11(3)20-12(8-16)14(18)19-4/h5-6,10-12H,7-9H2,1-4H3/t11-,12-/m1/s1. The van der Waals surface area contributed by atoms with Crippen LogP contribution in [0.25, 0.3) is 0 Å². The number of carbonyl (C=O) groups excluding carboxylic acids is 1. The van der Waals surface area contributed by atoms with Crippen LogP contribution in [-0.4, -0.2) is 52.8 Å². The van der Waals surface area contributed by atoms with E-state index in [1.165, 1.54) is 7.11 Å². The highest BCUT2D eigenvalue weighted by Gasteiger charge is 2.31. The van der Waals surface area contributed by atoms with Crippen LogP contribution in [-0.2, 0) is 20.8 Å². The van der Waals surface area contributed by atoms with Crippen LogP contribution in [0, 0.1) is 0 Å². The summed E-state index contributed by atoms with van der Waals surface area (Å²) in [5.74, 6) is 0.700. The molecule has 1 saturated heterocycles. The Bertz CT molecular complexity index is 458. The summed E-state index contributed by atoms with van der Waals surface area (Å²) in [7, 11) is 1.39. The fourth-order valence-corrected chi connectivity index (χ4v) is 2.57. The van der Waals surface area contributed by atoms with Crippen LogP contribution in [0.4, 0.5) is 0 Å². The van der Waals surface area contributed by atoms with Crippen molar-refractivity contribution in [2.24, 2.45) is 0 Å². The Labute approximate surface area is 119 Å². The van der Waals surface area contributed by atoms with Gasteiger partial charge in [0.2, 0.25) is 0 Å². The molecular formula is C14H23N3O3. The number of aromatic nitrogens is 2. The third-order valence-corrected chi connectivity index (χ3v) is 3.47. The van der Waals surface area contributed by atoms with Gasteiger partial charge in [-0.05, 0) is 20.8 Å². The Hall–Kier alpha value is -1.40. The first-order valence-electron chi connectivity index (χ1n) is 6.98. The fraction of sp³-hybridized carbons (Fsp3) is 0.714. The maximum Gasteiger partial charge on any atom is 0.336 e. The summed E-state index contributed by atoms with van der Waals surface area (Å²) in [6.45, 7) is 8.28. The van der Waals surface area contributed by atoms with Crippen LogP contribution in [0.2, 0.25) is 0 Å². The normalized spacial score (nSPS) is 24.1. The van der Waals surface area contributed by atoms with Gasteiger partial charge in [0.05, 0.1) is 19.8 Å². The molecule has 0 unspecified atom stereocenters. The van der Waals surface area contributed by atoms with Crippen molar-refractivity contribution in [3.63, 3.8) is 0 Å². The van der Waals surface area contributed by atoms with E-state index in [4.69, 9.17) is 9.47 Å². The molecule has 1 aromatic rings. The van der Waals surface area contributed by atoms with Gasteiger partial charge in [-0.15, -0.1) is 0 Å². The molecule has 6 nitrogen and oxygen atoms in total. The van der Waals surface area contributed by atoms with E-state index >= 15 is 0 Å². The van der Waals surface area contributed by atoms with Crippen LogP contribution < -0.4 is 0 Å². The molecule has 0 aliphatic carbocycles. The van der Waals surface area contributed by atoms with Crippen LogP contribution in [0.15, 0.2) is 12.4 Å². The van der Waals surface area contributed by atoms with Crippen molar-refractivity contribution in [2.75, 3.05) is 20.2 Å². The molecule has 2 atom stereocenters. The number of imidazole rings is 1. The van der Waals surface area contributed by atoms with E-state index in [1.54, 1.807) is 0 Å². The number of ether oxygens (including phenoxy) is 2. The molecule has 0 saturated carbocycles. The minimum Gasteiger partial charge on any atom is -0.467 e. The molecule has 112 valence electrons. The summed E-state index contributed by atoms with van der Waals surface area (Å²) in [6, 6.07) is 0.377. The van der Waals surface area contributed by atoms with E-state index in [2.05, 4.69) is 28.3 Å². The summed E-state index contributed by atoms with van der Waals surface area (Å²) < 4.78 is 12.5. The van der Waals surface area contributed by atoms with Crippen molar-refractivity contribution in [1.29, 1.82) is 0 Å². The Morgan fingerprint density at radius 2 is 2.30 bits per heavy atom. The fourth-order valence-electron chi connectivity index (χ4n) is 2.57. The van der Waals surface area contributed by atoms with Gasteiger partial charge in [0.15, 0.2) is 6.10 Å². The maximum absolute atomic E-state index is 11.6. The first-order chi connectivity index (χ1) is 9.51. The Balaban J connectivity index is 2.04. The Morgan fingerprint density at radius 1 is 1.55 bits per heavy atom. The first kappa shape index (κ1) is 15.0. The smallest absolute Gasteiger partial charge is 0.336 e. The lowest BCUT2D eigenvalue weighted by Gasteiger charge is -2.35. The number of esters is 1. The second-order valence-electron chi connectivity index (χ2n) is 5.50. The zero-order chi connectivity index (χ0) is 14.7. The highest BCUT2D eigenvalue weighted by atomic mass is 16.6. The summed E-state index contributed by atoms with van der Waals surface area (Å²) >= 11 is 0. The Kier molecular flexibility index (Phi) is 4.77. The third-order valence-electron chi connectivity index (χ3n) is 3.47. The molecule has 2 rings (SSSR count). The maximum atomic E-state index is 11.6. The van der Waals surface area contributed by atoms with Crippen molar-refractivity contribution < 1.29 is 14.3 Å². The lowest BCUT2D eigenvalue weighted by atomic mass is 10.2. The highest BCUT2D eigenvalue weighted by Crippen LogP contribution is 2.16. The number of methoxy groups -OCH3 is 1. The minimum atomic E-state index is -0.508. The molecule has 0 amide bonds. The van der Waals surface area contributed by atoms with Crippen LogP contribution >= 0.6 is 0 Å². The van der Waals surface area contributed by atoms with Crippen molar-refractivity contribution in [3.8, 4) is 0 Å². The number of nitrogens with zero attached hydrogens (tertiary/aromatic N) is 3. The quantitative estimate of drug-likeness (QED) is 0.777. The van der Waals surface area contributed by atoms with E-state index in [0.29, 0.717) is 19.1 Å². The van der Waals surface area contributed by atoms with Crippen LogP contribution in [0.1, 0.15) is 32.6 Å². The number of morpholine rings is 1. The van der Waals surface area contributed by atoms with Crippen molar-refractivity contribution in [1.82, 2.24) is 14.5 Å². The molecule has 0 spiro atoms. The van der Waals surface area contributed by atoms with Gasteiger partial charge in [-0.1, -0.05) is 0 Å². The minimum absolute atomic E-state index is 0.00955. The average Bonchev–Trinajstić information content (AvgIpc) is 2.85. The monoisotopic (exact) mass is 281 g/mol. The van der Waals surface area contributed by atoms with E-state index in [0.717, 1.165) is 12.4 Å². The zero-order valence-corrected chi connectivity index (χ0v) is 12.6. The number of hydrogen-bond acceptors (Lipinski definition) is 5. The van der Waals surface area contributed by atoms with E-state index < -0.39 is 6.10 Å². The van der Waals surface area contributed by atoms with E-state index in [9.17, 15) is 4.79 Å². The lowest BCUT2D eigenvalue weighted by molar-refractivity contribution is -0.166. The third kappa shape index (κ3) is 3.37. The summed E-state index contributed by atoms with van der Waals surface area (Å²) in [5, 5.41) is 0. The topological polar surface area (TPSA) is 56.6 Å². The number of rotatable bonds is 4. The number of hydrogen-bond donors (Lipinski definition) is 0. The Morgan fingerprint density at radius 3 is 2.95 bits per heavy atom. The van der Waals surface area contributed by atoms with Crippen LogP contribution in [0.3, 0.4) is 0 Å². The molecule has 1 aromatic heterocycles. The van der Waals surface area contributed by atoms with E-state index in [1.807, 2.05) is 19.3 Å². The van der Waals surface area contributed by atoms with E-state index in [-0.39, 0.29) is 12.1 Å². The van der Waals surface area contributed by atoms with Gasteiger partial charge in [-0.2, -0.15) is 0 Å².